The molecule has 3 nitrogen and oxygen atoms in total. The van der Waals surface area contributed by atoms with Gasteiger partial charge in [-0.25, -0.2) is 4.98 Å². The lowest BCUT2D eigenvalue weighted by atomic mass is 9.93. The van der Waals surface area contributed by atoms with E-state index in [4.69, 9.17) is 9.40 Å². The van der Waals surface area contributed by atoms with Crippen molar-refractivity contribution in [3.05, 3.63) is 170 Å². The largest absolute Gasteiger partial charge is 0.438 e. The van der Waals surface area contributed by atoms with Crippen LogP contribution >= 0.6 is 0 Å². The number of hydrogen-bond acceptors (Lipinski definition) is 3. The van der Waals surface area contributed by atoms with Gasteiger partial charge in [-0.3, -0.25) is 0 Å². The summed E-state index contributed by atoms with van der Waals surface area (Å²) in [5.74, 6) is 0. The molecular formula is C43H28N2O. The molecule has 0 saturated carbocycles. The summed E-state index contributed by atoms with van der Waals surface area (Å²) in [6.45, 7) is 0. The molecule has 9 aromatic rings. The fourth-order valence-corrected chi connectivity index (χ4v) is 6.68. The summed E-state index contributed by atoms with van der Waals surface area (Å²) in [7, 11) is 0. The third kappa shape index (κ3) is 4.41. The van der Waals surface area contributed by atoms with E-state index in [0.29, 0.717) is 5.71 Å². The van der Waals surface area contributed by atoms with Crippen molar-refractivity contribution in [2.75, 3.05) is 4.90 Å². The molecule has 216 valence electrons. The van der Waals surface area contributed by atoms with Gasteiger partial charge in [0, 0.05) is 16.8 Å². The van der Waals surface area contributed by atoms with Crippen LogP contribution in [0.1, 0.15) is 0 Å². The molecule has 0 fully saturated rings. The number of pyridine rings is 1. The van der Waals surface area contributed by atoms with Crippen molar-refractivity contribution >= 4 is 60.7 Å². The smallest absolute Gasteiger partial charge is 0.227 e. The zero-order chi connectivity index (χ0) is 30.5. The average Bonchev–Trinajstić information content (AvgIpc) is 3.51. The highest BCUT2D eigenvalue weighted by atomic mass is 16.3. The fourth-order valence-electron chi connectivity index (χ4n) is 6.68. The Hall–Kier alpha value is -6.19. The van der Waals surface area contributed by atoms with Crippen molar-refractivity contribution in [1.82, 2.24) is 4.98 Å². The van der Waals surface area contributed by atoms with Gasteiger partial charge in [-0.05, 0) is 86.3 Å². The zero-order valence-electron chi connectivity index (χ0n) is 25.0. The number of benzene rings is 7. The van der Waals surface area contributed by atoms with Gasteiger partial charge in [-0.2, -0.15) is 0 Å². The lowest BCUT2D eigenvalue weighted by Gasteiger charge is -2.25. The van der Waals surface area contributed by atoms with Gasteiger partial charge in [0.1, 0.15) is 5.58 Å². The first-order valence-corrected chi connectivity index (χ1v) is 15.5. The molecule has 0 aliphatic carbocycles. The van der Waals surface area contributed by atoms with Crippen LogP contribution < -0.4 is 4.90 Å². The number of furan rings is 1. The molecule has 3 heteroatoms. The summed E-state index contributed by atoms with van der Waals surface area (Å²) >= 11 is 0. The first-order valence-electron chi connectivity index (χ1n) is 15.5. The van der Waals surface area contributed by atoms with Crippen LogP contribution in [0.5, 0.6) is 0 Å². The van der Waals surface area contributed by atoms with Gasteiger partial charge in [0.15, 0.2) is 0 Å². The number of anilines is 3. The highest BCUT2D eigenvalue weighted by molar-refractivity contribution is 6.13. The van der Waals surface area contributed by atoms with Crippen LogP contribution in [0.25, 0.3) is 65.9 Å². The topological polar surface area (TPSA) is 29.3 Å². The van der Waals surface area contributed by atoms with Crippen LogP contribution in [-0.4, -0.2) is 4.98 Å². The second kappa shape index (κ2) is 10.8. The summed E-state index contributed by atoms with van der Waals surface area (Å²) in [6.07, 6.45) is 1.90. The maximum absolute atomic E-state index is 6.06. The SMILES string of the molecule is c1ccc(-c2ccc(N(c3ccc(-c4cc5ccccc5c5ccccc45)cc3)c3cnc4oc5ccccc5c4c3)cc2)cc1. The Morgan fingerprint density at radius 2 is 1.00 bits per heavy atom. The molecule has 0 aliphatic rings. The van der Waals surface area contributed by atoms with E-state index in [9.17, 15) is 0 Å². The summed E-state index contributed by atoms with van der Waals surface area (Å²) in [6, 6.07) is 58.1. The van der Waals surface area contributed by atoms with E-state index in [1.54, 1.807) is 0 Å². The molecule has 2 aromatic heterocycles. The second-order valence-electron chi connectivity index (χ2n) is 11.6. The Labute approximate surface area is 266 Å². The number of aromatic nitrogens is 1. The quantitative estimate of drug-likeness (QED) is 0.187. The van der Waals surface area contributed by atoms with E-state index < -0.39 is 0 Å². The lowest BCUT2D eigenvalue weighted by Crippen LogP contribution is -2.10. The van der Waals surface area contributed by atoms with Gasteiger partial charge in [0.2, 0.25) is 5.71 Å². The van der Waals surface area contributed by atoms with E-state index in [1.807, 2.05) is 30.5 Å². The summed E-state index contributed by atoms with van der Waals surface area (Å²) in [5, 5.41) is 7.10. The Morgan fingerprint density at radius 1 is 0.413 bits per heavy atom. The van der Waals surface area contributed by atoms with E-state index in [1.165, 1.54) is 43.8 Å². The van der Waals surface area contributed by atoms with E-state index in [2.05, 4.69) is 144 Å². The minimum Gasteiger partial charge on any atom is -0.438 e. The third-order valence-electron chi connectivity index (χ3n) is 8.92. The van der Waals surface area contributed by atoms with Crippen molar-refractivity contribution in [2.45, 2.75) is 0 Å². The number of rotatable bonds is 5. The molecule has 0 atom stereocenters. The molecule has 0 unspecified atom stereocenters. The molecule has 0 aliphatic heterocycles. The van der Waals surface area contributed by atoms with E-state index in [-0.39, 0.29) is 0 Å². The standard InChI is InChI=1S/C43H28N2O/c1-2-10-29(11-3-1)30-18-22-33(23-19-30)45(35-27-41-39-16-8-9-17-42(39)46-43(41)44-28-35)34-24-20-31(21-25-34)40-26-32-12-4-5-13-36(32)37-14-6-7-15-38(37)40/h1-28H. The molecule has 7 aromatic carbocycles. The Kier molecular flexibility index (Phi) is 6.14. The molecule has 46 heavy (non-hydrogen) atoms. The third-order valence-corrected chi connectivity index (χ3v) is 8.92. The van der Waals surface area contributed by atoms with Crippen molar-refractivity contribution in [2.24, 2.45) is 0 Å². The monoisotopic (exact) mass is 588 g/mol. The minimum atomic E-state index is 0.642. The van der Waals surface area contributed by atoms with Crippen LogP contribution in [0.3, 0.4) is 0 Å². The summed E-state index contributed by atoms with van der Waals surface area (Å²) in [4.78, 5) is 7.04. The average molecular weight is 589 g/mol. The predicted octanol–water partition coefficient (Wildman–Crippen LogP) is 12.1. The Balaban J connectivity index is 1.18. The molecule has 0 radical (unpaired) electrons. The highest BCUT2D eigenvalue weighted by Gasteiger charge is 2.17. The molecular weight excluding hydrogens is 560 g/mol. The van der Waals surface area contributed by atoms with Gasteiger partial charge >= 0.3 is 0 Å². The second-order valence-corrected chi connectivity index (χ2v) is 11.6. The first kappa shape index (κ1) is 26.2. The van der Waals surface area contributed by atoms with Gasteiger partial charge in [-0.1, -0.05) is 121 Å². The minimum absolute atomic E-state index is 0.642. The first-order chi connectivity index (χ1) is 22.8. The maximum Gasteiger partial charge on any atom is 0.227 e. The molecule has 0 bridgehead atoms. The Bertz CT molecular complexity index is 2510. The number of fused-ring (bicyclic) bond motifs is 6. The zero-order valence-corrected chi connectivity index (χ0v) is 25.0. The van der Waals surface area contributed by atoms with Crippen LogP contribution in [0.15, 0.2) is 174 Å². The molecule has 9 rings (SSSR count). The lowest BCUT2D eigenvalue weighted by molar-refractivity contribution is 0.654. The highest BCUT2D eigenvalue weighted by Crippen LogP contribution is 2.40. The molecule has 0 N–H and O–H groups in total. The van der Waals surface area contributed by atoms with Crippen molar-refractivity contribution < 1.29 is 4.42 Å². The van der Waals surface area contributed by atoms with Gasteiger partial charge in [-0.15, -0.1) is 0 Å². The van der Waals surface area contributed by atoms with Crippen molar-refractivity contribution in [1.29, 1.82) is 0 Å². The van der Waals surface area contributed by atoms with Crippen molar-refractivity contribution in [3.8, 4) is 22.3 Å². The van der Waals surface area contributed by atoms with Crippen LogP contribution in [0.2, 0.25) is 0 Å². The number of hydrogen-bond donors (Lipinski definition) is 0. The predicted molar refractivity (Wildman–Crippen MR) is 192 cm³/mol. The van der Waals surface area contributed by atoms with Crippen molar-refractivity contribution in [3.63, 3.8) is 0 Å². The maximum atomic E-state index is 6.06. The van der Waals surface area contributed by atoms with Crippen LogP contribution in [0, 0.1) is 0 Å². The van der Waals surface area contributed by atoms with E-state index in [0.717, 1.165) is 33.4 Å². The van der Waals surface area contributed by atoms with Crippen LogP contribution in [-0.2, 0) is 0 Å². The normalized spacial score (nSPS) is 11.5. The molecule has 0 amide bonds. The van der Waals surface area contributed by atoms with Gasteiger partial charge in [0.25, 0.3) is 0 Å². The van der Waals surface area contributed by atoms with Gasteiger partial charge < -0.3 is 9.32 Å². The molecule has 0 saturated heterocycles. The Morgan fingerprint density at radius 3 is 1.76 bits per heavy atom. The summed E-state index contributed by atoms with van der Waals surface area (Å²) in [5.41, 5.74) is 9.34. The fraction of sp³-hybridized carbons (Fsp3) is 0. The summed E-state index contributed by atoms with van der Waals surface area (Å²) < 4.78 is 6.06. The van der Waals surface area contributed by atoms with Crippen LogP contribution in [0.4, 0.5) is 17.1 Å². The number of nitrogens with zero attached hydrogens (tertiary/aromatic N) is 2. The van der Waals surface area contributed by atoms with E-state index >= 15 is 0 Å². The molecule has 2 heterocycles. The van der Waals surface area contributed by atoms with Gasteiger partial charge in [0.05, 0.1) is 17.3 Å². The molecule has 0 spiro atoms. The number of para-hydroxylation sites is 1.